The Bertz CT molecular complexity index is 1230. The molecule has 5 nitrogen and oxygen atoms in total. The van der Waals surface area contributed by atoms with Crippen molar-refractivity contribution in [1.82, 2.24) is 9.55 Å². The summed E-state index contributed by atoms with van der Waals surface area (Å²) in [7, 11) is 0. The first kappa shape index (κ1) is 21.0. The van der Waals surface area contributed by atoms with Crippen molar-refractivity contribution in [3.63, 3.8) is 0 Å². The molecular formula is C24H24F3N3O2. The van der Waals surface area contributed by atoms with E-state index in [1.807, 2.05) is 16.8 Å². The predicted molar refractivity (Wildman–Crippen MR) is 116 cm³/mol. The number of rotatable bonds is 4. The number of pyridine rings is 2. The summed E-state index contributed by atoms with van der Waals surface area (Å²) in [6, 6.07) is 6.18. The van der Waals surface area contributed by atoms with Gasteiger partial charge in [0.15, 0.2) is 0 Å². The minimum atomic E-state index is -4.41. The van der Waals surface area contributed by atoms with Crippen molar-refractivity contribution in [1.29, 1.82) is 0 Å². The number of anilines is 1. The van der Waals surface area contributed by atoms with Gasteiger partial charge in [-0.05, 0) is 48.9 Å². The van der Waals surface area contributed by atoms with Crippen LogP contribution in [0.3, 0.4) is 0 Å². The number of ether oxygens (including phenoxy) is 1. The molecule has 0 radical (unpaired) electrons. The lowest BCUT2D eigenvalue weighted by molar-refractivity contribution is -0.138. The topological polar surface area (TPSA) is 47.4 Å². The highest BCUT2D eigenvalue weighted by Gasteiger charge is 2.33. The lowest BCUT2D eigenvalue weighted by Crippen LogP contribution is -2.36. The average Bonchev–Trinajstić information content (AvgIpc) is 3.62. The second-order valence-electron chi connectivity index (χ2n) is 8.56. The summed E-state index contributed by atoms with van der Waals surface area (Å²) in [5.74, 6) is 0.210. The maximum Gasteiger partial charge on any atom is 0.416 e. The minimum absolute atomic E-state index is 0.0759. The van der Waals surface area contributed by atoms with Gasteiger partial charge in [-0.2, -0.15) is 13.2 Å². The first-order chi connectivity index (χ1) is 15.3. The highest BCUT2D eigenvalue weighted by molar-refractivity contribution is 5.79. The molecule has 3 heterocycles. The smallest absolute Gasteiger partial charge is 0.378 e. The van der Waals surface area contributed by atoms with Crippen LogP contribution in [-0.4, -0.2) is 35.9 Å². The Kier molecular flexibility index (Phi) is 5.20. The van der Waals surface area contributed by atoms with E-state index in [1.165, 1.54) is 13.0 Å². The van der Waals surface area contributed by atoms with Gasteiger partial charge in [0.1, 0.15) is 5.52 Å². The second kappa shape index (κ2) is 7.92. The maximum absolute atomic E-state index is 13.4. The van der Waals surface area contributed by atoms with Gasteiger partial charge >= 0.3 is 6.18 Å². The Labute approximate surface area is 183 Å². The van der Waals surface area contributed by atoms with Crippen LogP contribution in [0.2, 0.25) is 0 Å². The molecule has 1 aromatic carbocycles. The number of alkyl halides is 3. The standard InChI is InChI=1S/C24H24F3N3O2/c1-15-17(3-2-4-20(15)24(25,26)27)13-30-14-19(16-5-6-16)23(31)22-21(30)11-18(12-28-22)29-7-9-32-10-8-29/h2-4,11-12,14,16H,5-10,13H2,1H3. The molecule has 168 valence electrons. The van der Waals surface area contributed by atoms with Gasteiger partial charge < -0.3 is 14.2 Å². The van der Waals surface area contributed by atoms with Crippen LogP contribution in [0.25, 0.3) is 11.0 Å². The summed E-state index contributed by atoms with van der Waals surface area (Å²) in [6.07, 6.45) is 1.04. The molecule has 5 rings (SSSR count). The summed E-state index contributed by atoms with van der Waals surface area (Å²) >= 11 is 0. The fourth-order valence-corrected chi connectivity index (χ4v) is 4.43. The third-order valence-electron chi connectivity index (χ3n) is 6.42. The Morgan fingerprint density at radius 3 is 2.62 bits per heavy atom. The van der Waals surface area contributed by atoms with E-state index >= 15 is 0 Å². The third-order valence-corrected chi connectivity index (χ3v) is 6.42. The molecule has 1 aliphatic heterocycles. The van der Waals surface area contributed by atoms with E-state index in [0.717, 1.165) is 37.7 Å². The van der Waals surface area contributed by atoms with Crippen molar-refractivity contribution in [2.75, 3.05) is 31.2 Å². The number of hydrogen-bond donors (Lipinski definition) is 0. The molecule has 2 fully saturated rings. The van der Waals surface area contributed by atoms with Gasteiger partial charge in [0, 0.05) is 31.4 Å². The van der Waals surface area contributed by atoms with Crippen molar-refractivity contribution in [2.45, 2.75) is 38.4 Å². The Balaban J connectivity index is 1.64. The summed E-state index contributed by atoms with van der Waals surface area (Å²) < 4.78 is 47.6. The van der Waals surface area contributed by atoms with E-state index in [-0.39, 0.29) is 23.5 Å². The third kappa shape index (κ3) is 3.88. The lowest BCUT2D eigenvalue weighted by Gasteiger charge is -2.29. The summed E-state index contributed by atoms with van der Waals surface area (Å²) in [6.45, 7) is 4.43. The fourth-order valence-electron chi connectivity index (χ4n) is 4.43. The van der Waals surface area contributed by atoms with Crippen LogP contribution in [0.15, 0.2) is 41.5 Å². The van der Waals surface area contributed by atoms with E-state index < -0.39 is 11.7 Å². The number of benzene rings is 1. The van der Waals surface area contributed by atoms with Gasteiger partial charge in [0.2, 0.25) is 5.43 Å². The largest absolute Gasteiger partial charge is 0.416 e. The number of halogens is 3. The molecule has 0 spiro atoms. The van der Waals surface area contributed by atoms with Crippen LogP contribution < -0.4 is 10.3 Å². The van der Waals surface area contributed by atoms with Crippen LogP contribution in [-0.2, 0) is 17.5 Å². The van der Waals surface area contributed by atoms with Gasteiger partial charge in [-0.1, -0.05) is 12.1 Å². The molecule has 32 heavy (non-hydrogen) atoms. The summed E-state index contributed by atoms with van der Waals surface area (Å²) in [5.41, 5.74) is 2.67. The lowest BCUT2D eigenvalue weighted by atomic mass is 10.0. The predicted octanol–water partition coefficient (Wildman–Crippen LogP) is 4.49. The fraction of sp³-hybridized carbons (Fsp3) is 0.417. The highest BCUT2D eigenvalue weighted by atomic mass is 19.4. The van der Waals surface area contributed by atoms with Crippen molar-refractivity contribution < 1.29 is 17.9 Å². The SMILES string of the molecule is Cc1c(Cn2cc(C3CC3)c(=O)c3ncc(N4CCOCC4)cc32)cccc1C(F)(F)F. The van der Waals surface area contributed by atoms with Gasteiger partial charge in [-0.3, -0.25) is 4.79 Å². The quantitative estimate of drug-likeness (QED) is 0.596. The molecule has 1 saturated heterocycles. The average molecular weight is 443 g/mol. The number of aromatic nitrogens is 2. The molecule has 0 atom stereocenters. The zero-order valence-corrected chi connectivity index (χ0v) is 17.8. The van der Waals surface area contributed by atoms with E-state index in [0.29, 0.717) is 35.4 Å². The van der Waals surface area contributed by atoms with Crippen LogP contribution in [0.1, 0.15) is 41.0 Å². The zero-order chi connectivity index (χ0) is 22.5. The number of hydrogen-bond acceptors (Lipinski definition) is 4. The van der Waals surface area contributed by atoms with E-state index in [1.54, 1.807) is 12.3 Å². The Morgan fingerprint density at radius 1 is 1.19 bits per heavy atom. The molecular weight excluding hydrogens is 419 g/mol. The number of nitrogens with zero attached hydrogens (tertiary/aromatic N) is 3. The molecule has 0 N–H and O–H groups in total. The number of fused-ring (bicyclic) bond motifs is 1. The zero-order valence-electron chi connectivity index (χ0n) is 17.8. The Hall–Kier alpha value is -2.87. The summed E-state index contributed by atoms with van der Waals surface area (Å²) in [5, 5.41) is 0. The monoisotopic (exact) mass is 443 g/mol. The molecule has 2 aliphatic rings. The molecule has 3 aromatic rings. The van der Waals surface area contributed by atoms with Gasteiger partial charge in [0.05, 0.1) is 36.2 Å². The molecule has 2 aromatic heterocycles. The molecule has 8 heteroatoms. The minimum Gasteiger partial charge on any atom is -0.378 e. The van der Waals surface area contributed by atoms with E-state index in [2.05, 4.69) is 9.88 Å². The van der Waals surface area contributed by atoms with Gasteiger partial charge in [-0.25, -0.2) is 4.98 Å². The van der Waals surface area contributed by atoms with E-state index in [9.17, 15) is 18.0 Å². The highest BCUT2D eigenvalue weighted by Crippen LogP contribution is 2.39. The maximum atomic E-state index is 13.4. The van der Waals surface area contributed by atoms with Crippen LogP contribution in [0.5, 0.6) is 0 Å². The Morgan fingerprint density at radius 2 is 1.94 bits per heavy atom. The van der Waals surface area contributed by atoms with Crippen LogP contribution in [0, 0.1) is 6.92 Å². The molecule has 0 amide bonds. The molecule has 1 aliphatic carbocycles. The van der Waals surface area contributed by atoms with Crippen molar-refractivity contribution in [3.05, 3.63) is 69.1 Å². The van der Waals surface area contributed by atoms with Crippen molar-refractivity contribution >= 4 is 16.7 Å². The van der Waals surface area contributed by atoms with Crippen molar-refractivity contribution in [2.24, 2.45) is 0 Å². The normalized spacial score (nSPS) is 17.2. The molecule has 1 saturated carbocycles. The molecule has 0 bridgehead atoms. The van der Waals surface area contributed by atoms with Crippen LogP contribution >= 0.6 is 0 Å². The van der Waals surface area contributed by atoms with Gasteiger partial charge in [-0.15, -0.1) is 0 Å². The molecule has 0 unspecified atom stereocenters. The summed E-state index contributed by atoms with van der Waals surface area (Å²) in [4.78, 5) is 19.8. The second-order valence-corrected chi connectivity index (χ2v) is 8.56. The van der Waals surface area contributed by atoms with Crippen molar-refractivity contribution in [3.8, 4) is 0 Å². The van der Waals surface area contributed by atoms with E-state index in [4.69, 9.17) is 4.74 Å². The number of morpholine rings is 1. The first-order valence-electron chi connectivity index (χ1n) is 10.8. The van der Waals surface area contributed by atoms with Crippen LogP contribution in [0.4, 0.5) is 18.9 Å². The van der Waals surface area contributed by atoms with Gasteiger partial charge in [0.25, 0.3) is 0 Å². The first-order valence-corrected chi connectivity index (χ1v) is 10.8.